The molecule has 0 radical (unpaired) electrons. The van der Waals surface area contributed by atoms with Crippen LogP contribution in [0.4, 0.5) is 0 Å². The van der Waals surface area contributed by atoms with E-state index in [9.17, 15) is 0 Å². The summed E-state index contributed by atoms with van der Waals surface area (Å²) in [6, 6.07) is 0. The molecule has 0 aliphatic heterocycles. The molecule has 218 valence electrons. The van der Waals surface area contributed by atoms with Gasteiger partial charge in [-0.15, -0.1) is 0 Å². The van der Waals surface area contributed by atoms with Crippen LogP contribution in [-0.4, -0.2) is 4.57 Å². The van der Waals surface area contributed by atoms with Gasteiger partial charge < -0.3 is 0 Å². The van der Waals surface area contributed by atoms with Gasteiger partial charge in [0, 0.05) is 6.42 Å². The molecule has 0 atom stereocenters. The van der Waals surface area contributed by atoms with Gasteiger partial charge >= 0.3 is 0 Å². The van der Waals surface area contributed by atoms with E-state index in [0.717, 1.165) is 0 Å². The number of hydrogen-bond donors (Lipinski definition) is 0. The molecule has 0 unspecified atom stereocenters. The number of nitrogens with zero attached hydrogens (tertiary/aromatic N) is 2. The van der Waals surface area contributed by atoms with Crippen molar-refractivity contribution in [3.8, 4) is 0 Å². The zero-order chi connectivity index (χ0) is 26.7. The van der Waals surface area contributed by atoms with E-state index in [2.05, 4.69) is 42.4 Å². The Morgan fingerprint density at radius 1 is 0.459 bits per heavy atom. The quantitative estimate of drug-likeness (QED) is 0.0737. The molecule has 2 nitrogen and oxygen atoms in total. The van der Waals surface area contributed by atoms with Crippen molar-refractivity contribution in [1.82, 2.24) is 4.57 Å². The lowest BCUT2D eigenvalue weighted by molar-refractivity contribution is -0.704. The van der Waals surface area contributed by atoms with Crippen molar-refractivity contribution < 1.29 is 4.57 Å². The summed E-state index contributed by atoms with van der Waals surface area (Å²) >= 11 is 0. The second-order valence-electron chi connectivity index (χ2n) is 12.1. The smallest absolute Gasteiger partial charge is 0.237 e. The predicted molar refractivity (Wildman–Crippen MR) is 165 cm³/mol. The van der Waals surface area contributed by atoms with E-state index in [4.69, 9.17) is 0 Å². The van der Waals surface area contributed by atoms with E-state index in [1.54, 1.807) is 0 Å². The SMILES string of the molecule is CCCCCCCCCCCCCCCCCc1n(C)cc[n+]1CCCCCCCCCCCCCC. The number of aryl methyl sites for hydroxylation is 2. The molecule has 0 amide bonds. The molecule has 0 bridgehead atoms. The van der Waals surface area contributed by atoms with Crippen LogP contribution >= 0.6 is 0 Å². The first kappa shape index (κ1) is 34.2. The molecule has 0 fully saturated rings. The lowest BCUT2D eigenvalue weighted by atomic mass is 10.0. The van der Waals surface area contributed by atoms with Crippen LogP contribution in [0.15, 0.2) is 12.4 Å². The van der Waals surface area contributed by atoms with Crippen molar-refractivity contribution >= 4 is 0 Å². The van der Waals surface area contributed by atoms with Crippen molar-refractivity contribution in [2.45, 2.75) is 200 Å². The van der Waals surface area contributed by atoms with Crippen molar-refractivity contribution in [3.05, 3.63) is 18.2 Å². The average Bonchev–Trinajstić information content (AvgIpc) is 3.25. The van der Waals surface area contributed by atoms with Crippen LogP contribution in [0.1, 0.15) is 193 Å². The molecular formula is C35H69N2+. The third-order valence-electron chi connectivity index (χ3n) is 8.47. The predicted octanol–water partition coefficient (Wildman–Crippen LogP) is 11.4. The fourth-order valence-electron chi connectivity index (χ4n) is 5.86. The van der Waals surface area contributed by atoms with E-state index < -0.39 is 0 Å². The van der Waals surface area contributed by atoms with E-state index in [1.165, 1.54) is 192 Å². The fraction of sp³-hybridized carbons (Fsp3) is 0.914. The van der Waals surface area contributed by atoms with Gasteiger partial charge in [0.25, 0.3) is 5.82 Å². The van der Waals surface area contributed by atoms with E-state index in [1.807, 2.05) is 0 Å². The van der Waals surface area contributed by atoms with Crippen LogP contribution in [0, 0.1) is 0 Å². The zero-order valence-corrected chi connectivity index (χ0v) is 26.1. The van der Waals surface area contributed by atoms with Crippen molar-refractivity contribution in [1.29, 1.82) is 0 Å². The third kappa shape index (κ3) is 20.8. The average molecular weight is 518 g/mol. The number of aromatic nitrogens is 2. The summed E-state index contributed by atoms with van der Waals surface area (Å²) < 4.78 is 4.91. The van der Waals surface area contributed by atoms with Gasteiger partial charge in [0.2, 0.25) is 0 Å². The minimum atomic E-state index is 1.21. The largest absolute Gasteiger partial charge is 0.256 e. The molecule has 0 N–H and O–H groups in total. The second kappa shape index (κ2) is 26.8. The lowest BCUT2D eigenvalue weighted by Gasteiger charge is -2.05. The number of imidazole rings is 1. The number of hydrogen-bond acceptors (Lipinski definition) is 0. The van der Waals surface area contributed by atoms with E-state index >= 15 is 0 Å². The molecule has 37 heavy (non-hydrogen) atoms. The first-order valence-electron chi connectivity index (χ1n) is 17.3. The molecule has 0 spiro atoms. The Morgan fingerprint density at radius 3 is 1.16 bits per heavy atom. The van der Waals surface area contributed by atoms with Gasteiger partial charge in [-0.1, -0.05) is 168 Å². The second-order valence-corrected chi connectivity index (χ2v) is 12.1. The van der Waals surface area contributed by atoms with E-state index in [0.29, 0.717) is 0 Å². The summed E-state index contributed by atoms with van der Waals surface area (Å²) in [5.74, 6) is 1.54. The maximum atomic E-state index is 2.54. The standard InChI is InChI=1S/C35H69N2/c1-4-6-8-10-12-14-16-18-19-20-21-23-25-27-29-31-35-36(3)33-34-37(35)32-30-28-26-24-22-17-15-13-11-9-7-5-2/h33-34H,4-32H2,1-3H3/q+1. The van der Waals surface area contributed by atoms with Crippen LogP contribution in [-0.2, 0) is 20.0 Å². The third-order valence-corrected chi connectivity index (χ3v) is 8.47. The highest BCUT2D eigenvalue weighted by Crippen LogP contribution is 2.15. The van der Waals surface area contributed by atoms with Gasteiger partial charge in [-0.05, 0) is 19.3 Å². The first-order valence-corrected chi connectivity index (χ1v) is 17.3. The Kier molecular flexibility index (Phi) is 24.8. The van der Waals surface area contributed by atoms with Crippen LogP contribution in [0.3, 0.4) is 0 Å². The molecule has 0 aliphatic rings. The number of unbranched alkanes of at least 4 members (excludes halogenated alkanes) is 25. The summed E-state index contributed by atoms with van der Waals surface area (Å²) in [5, 5.41) is 0. The maximum Gasteiger partial charge on any atom is 0.256 e. The molecule has 1 rings (SSSR count). The van der Waals surface area contributed by atoms with Gasteiger partial charge in [-0.2, -0.15) is 0 Å². The Morgan fingerprint density at radius 2 is 0.784 bits per heavy atom. The highest BCUT2D eigenvalue weighted by molar-refractivity contribution is 4.82. The summed E-state index contributed by atoms with van der Waals surface area (Å²) in [7, 11) is 2.24. The van der Waals surface area contributed by atoms with Gasteiger partial charge in [0.15, 0.2) is 0 Å². The summed E-state index contributed by atoms with van der Waals surface area (Å²) in [6.45, 7) is 5.82. The Bertz CT molecular complexity index is 576. The van der Waals surface area contributed by atoms with Crippen molar-refractivity contribution in [2.75, 3.05) is 0 Å². The highest BCUT2D eigenvalue weighted by Gasteiger charge is 2.13. The molecule has 1 aromatic heterocycles. The fourth-order valence-corrected chi connectivity index (χ4v) is 5.86. The Balaban J connectivity index is 1.93. The Hall–Kier alpha value is -0.790. The van der Waals surface area contributed by atoms with Gasteiger partial charge in [-0.25, -0.2) is 9.13 Å². The molecule has 0 aliphatic carbocycles. The Labute approximate surface area is 234 Å². The van der Waals surface area contributed by atoms with Crippen LogP contribution in [0.25, 0.3) is 0 Å². The first-order chi connectivity index (χ1) is 18.3. The molecule has 0 aromatic carbocycles. The van der Waals surface area contributed by atoms with Crippen molar-refractivity contribution in [3.63, 3.8) is 0 Å². The summed E-state index contributed by atoms with van der Waals surface area (Å²) in [6.07, 6.45) is 44.7. The zero-order valence-electron chi connectivity index (χ0n) is 26.1. The van der Waals surface area contributed by atoms with Crippen LogP contribution in [0.2, 0.25) is 0 Å². The molecule has 0 saturated carbocycles. The summed E-state index contributed by atoms with van der Waals surface area (Å²) in [5.41, 5.74) is 0. The maximum absolute atomic E-state index is 2.54. The van der Waals surface area contributed by atoms with Gasteiger partial charge in [0.1, 0.15) is 12.4 Å². The lowest BCUT2D eigenvalue weighted by Crippen LogP contribution is -2.37. The molecular weight excluding hydrogens is 448 g/mol. The van der Waals surface area contributed by atoms with Crippen molar-refractivity contribution in [2.24, 2.45) is 7.05 Å². The normalized spacial score (nSPS) is 11.5. The van der Waals surface area contributed by atoms with Gasteiger partial charge in [0.05, 0.1) is 13.6 Å². The van der Waals surface area contributed by atoms with Crippen LogP contribution in [0.5, 0.6) is 0 Å². The molecule has 2 heteroatoms. The number of rotatable bonds is 29. The summed E-state index contributed by atoms with van der Waals surface area (Å²) in [4.78, 5) is 0. The monoisotopic (exact) mass is 518 g/mol. The molecule has 1 aromatic rings. The van der Waals surface area contributed by atoms with Crippen LogP contribution < -0.4 is 4.57 Å². The minimum Gasteiger partial charge on any atom is -0.237 e. The van der Waals surface area contributed by atoms with E-state index in [-0.39, 0.29) is 0 Å². The topological polar surface area (TPSA) is 8.81 Å². The molecule has 1 heterocycles. The molecule has 0 saturated heterocycles. The highest BCUT2D eigenvalue weighted by atomic mass is 15.1. The minimum absolute atomic E-state index is 1.21. The van der Waals surface area contributed by atoms with Gasteiger partial charge in [-0.3, -0.25) is 0 Å².